The number of ether oxygens (including phenoxy) is 2. The quantitative estimate of drug-likeness (QED) is 0.219. The molecule has 3 aromatic carbocycles. The number of nitrogens with one attached hydrogen (secondary N) is 1. The van der Waals surface area contributed by atoms with Crippen LogP contribution >= 0.6 is 0 Å². The molecule has 0 saturated carbocycles. The number of hydrogen-bond donors (Lipinski definition) is 3. The Balaban J connectivity index is 0.00000123. The maximum Gasteiger partial charge on any atom is 0.290 e. The van der Waals surface area contributed by atoms with Gasteiger partial charge in [0.25, 0.3) is 6.47 Å². The van der Waals surface area contributed by atoms with Crippen LogP contribution in [0.2, 0.25) is 0 Å². The van der Waals surface area contributed by atoms with Crippen LogP contribution in [0.3, 0.4) is 0 Å². The molecule has 5 aromatic rings. The number of rotatable bonds is 8. The Morgan fingerprint density at radius 1 is 1.00 bits per heavy atom. The SMILES string of the molecule is COc1ncc(-c2ccc3nc(N)n(-c4ccc(N5CCOCC5)cc4)c3c2)cc1S(=O)(=O)NCc1ccccc1.O=CO. The zero-order valence-electron chi connectivity index (χ0n) is 24.0. The van der Waals surface area contributed by atoms with Gasteiger partial charge in [-0.3, -0.25) is 9.36 Å². The Hall–Kier alpha value is -4.98. The zero-order chi connectivity index (χ0) is 31.1. The predicted octanol–water partition coefficient (Wildman–Crippen LogP) is 3.69. The number of methoxy groups -OCH3 is 1. The number of imidazole rings is 1. The van der Waals surface area contributed by atoms with Gasteiger partial charge < -0.3 is 25.2 Å². The molecule has 0 amide bonds. The number of nitrogens with two attached hydrogens (primary N) is 1. The van der Waals surface area contributed by atoms with E-state index >= 15 is 0 Å². The Kier molecular flexibility index (Phi) is 9.38. The highest BCUT2D eigenvalue weighted by atomic mass is 32.2. The van der Waals surface area contributed by atoms with Crippen molar-refractivity contribution in [1.82, 2.24) is 19.3 Å². The van der Waals surface area contributed by atoms with Crippen LogP contribution in [0.1, 0.15) is 5.56 Å². The minimum Gasteiger partial charge on any atom is -0.483 e. The first kappa shape index (κ1) is 30.5. The second kappa shape index (κ2) is 13.5. The second-order valence-corrected chi connectivity index (χ2v) is 11.5. The van der Waals surface area contributed by atoms with E-state index in [0.29, 0.717) is 11.5 Å². The van der Waals surface area contributed by atoms with Crippen molar-refractivity contribution in [3.8, 4) is 22.7 Å². The minimum atomic E-state index is -3.92. The summed E-state index contributed by atoms with van der Waals surface area (Å²) in [6.45, 7) is 3.04. The highest BCUT2D eigenvalue weighted by Crippen LogP contribution is 2.32. The van der Waals surface area contributed by atoms with Crippen LogP contribution < -0.4 is 20.1 Å². The molecule has 44 heavy (non-hydrogen) atoms. The van der Waals surface area contributed by atoms with E-state index < -0.39 is 10.0 Å². The van der Waals surface area contributed by atoms with Gasteiger partial charge in [-0.15, -0.1) is 0 Å². The lowest BCUT2D eigenvalue weighted by Crippen LogP contribution is -2.36. The molecule has 0 bridgehead atoms. The van der Waals surface area contributed by atoms with Gasteiger partial charge in [0.1, 0.15) is 4.90 Å². The van der Waals surface area contributed by atoms with Gasteiger partial charge in [0.05, 0.1) is 31.4 Å². The van der Waals surface area contributed by atoms with Crippen molar-refractivity contribution in [1.29, 1.82) is 0 Å². The fourth-order valence-corrected chi connectivity index (χ4v) is 6.13. The monoisotopic (exact) mass is 616 g/mol. The van der Waals surface area contributed by atoms with E-state index in [1.165, 1.54) is 7.11 Å². The number of morpholine rings is 1. The standard InChI is InChI=1S/C30H30N6O4S.CH2O2/c1-39-29-28(41(37,38)33-19-21-5-3-2-4-6-21)18-23(20-32-29)22-7-12-26-27(17-22)36(30(31)34-26)25-10-8-24(9-11-25)35-13-15-40-16-14-35;2-1-3/h2-12,17-18,20,33H,13-16,19H2,1H3,(H2,31,34);1H,(H,2,3). The van der Waals surface area contributed by atoms with Gasteiger partial charge in [-0.2, -0.15) is 0 Å². The number of fused-ring (bicyclic) bond motifs is 1. The minimum absolute atomic E-state index is 0.0185. The summed E-state index contributed by atoms with van der Waals surface area (Å²) in [5.74, 6) is 0.377. The van der Waals surface area contributed by atoms with Gasteiger partial charge in [-0.05, 0) is 53.6 Å². The molecule has 13 heteroatoms. The molecule has 3 heterocycles. The van der Waals surface area contributed by atoms with Crippen molar-refractivity contribution in [2.75, 3.05) is 44.0 Å². The van der Waals surface area contributed by atoms with E-state index in [-0.39, 0.29) is 23.8 Å². The summed E-state index contributed by atoms with van der Waals surface area (Å²) < 4.78 is 41.9. The first-order valence-electron chi connectivity index (χ1n) is 13.7. The number of carboxylic acid groups (broad SMARTS) is 1. The summed E-state index contributed by atoms with van der Waals surface area (Å²) in [5, 5.41) is 6.89. The van der Waals surface area contributed by atoms with Crippen LogP contribution in [-0.4, -0.2) is 67.9 Å². The molecule has 1 aliphatic heterocycles. The second-order valence-electron chi connectivity index (χ2n) is 9.77. The van der Waals surface area contributed by atoms with Crippen molar-refractivity contribution >= 4 is 39.2 Å². The number of carbonyl (C=O) groups is 1. The Labute approximate surface area is 254 Å². The van der Waals surface area contributed by atoms with Crippen molar-refractivity contribution in [2.24, 2.45) is 0 Å². The Morgan fingerprint density at radius 3 is 2.36 bits per heavy atom. The van der Waals surface area contributed by atoms with E-state index in [1.54, 1.807) is 12.3 Å². The van der Waals surface area contributed by atoms with Gasteiger partial charge in [-0.1, -0.05) is 36.4 Å². The van der Waals surface area contributed by atoms with Crippen molar-refractivity contribution < 1.29 is 27.8 Å². The average Bonchev–Trinajstić information content (AvgIpc) is 3.39. The summed E-state index contributed by atoms with van der Waals surface area (Å²) in [5.41, 5.74) is 12.1. The van der Waals surface area contributed by atoms with Crippen molar-refractivity contribution in [3.63, 3.8) is 0 Å². The third-order valence-electron chi connectivity index (χ3n) is 7.11. The van der Waals surface area contributed by atoms with Crippen LogP contribution in [0, 0.1) is 0 Å². The summed E-state index contributed by atoms with van der Waals surface area (Å²) in [6.07, 6.45) is 1.59. The maximum absolute atomic E-state index is 13.3. The lowest BCUT2D eigenvalue weighted by Gasteiger charge is -2.29. The van der Waals surface area contributed by atoms with E-state index in [0.717, 1.165) is 59.8 Å². The van der Waals surface area contributed by atoms with E-state index in [9.17, 15) is 8.42 Å². The normalized spacial score (nSPS) is 13.2. The fraction of sp³-hybridized carbons (Fsp3) is 0.194. The molecule has 0 aliphatic carbocycles. The van der Waals surface area contributed by atoms with Crippen molar-refractivity contribution in [3.05, 3.63) is 90.6 Å². The number of nitrogens with zero attached hydrogens (tertiary/aromatic N) is 4. The molecule has 228 valence electrons. The first-order valence-corrected chi connectivity index (χ1v) is 15.2. The molecule has 0 unspecified atom stereocenters. The molecule has 0 radical (unpaired) electrons. The number of benzene rings is 3. The molecular formula is C31H32N6O6S. The average molecular weight is 617 g/mol. The molecular weight excluding hydrogens is 584 g/mol. The van der Waals surface area contributed by atoms with Crippen molar-refractivity contribution in [2.45, 2.75) is 11.4 Å². The van der Waals surface area contributed by atoms with E-state index in [2.05, 4.69) is 31.7 Å². The topological polar surface area (TPSA) is 162 Å². The summed E-state index contributed by atoms with van der Waals surface area (Å²) in [7, 11) is -2.52. The molecule has 1 saturated heterocycles. The van der Waals surface area contributed by atoms with Gasteiger partial charge in [0.2, 0.25) is 21.9 Å². The molecule has 6 rings (SSSR count). The molecule has 4 N–H and O–H groups in total. The zero-order valence-corrected chi connectivity index (χ0v) is 24.8. The molecule has 12 nitrogen and oxygen atoms in total. The van der Waals surface area contributed by atoms with Gasteiger partial charge in [0.15, 0.2) is 0 Å². The molecule has 2 aromatic heterocycles. The molecule has 1 aliphatic rings. The largest absolute Gasteiger partial charge is 0.483 e. The summed E-state index contributed by atoms with van der Waals surface area (Å²) >= 11 is 0. The van der Waals surface area contributed by atoms with Crippen LogP contribution in [-0.2, 0) is 26.1 Å². The van der Waals surface area contributed by atoms with E-state index in [1.807, 2.05) is 65.2 Å². The number of pyridine rings is 1. The summed E-state index contributed by atoms with van der Waals surface area (Å²) in [4.78, 5) is 19.5. The highest BCUT2D eigenvalue weighted by molar-refractivity contribution is 7.89. The van der Waals surface area contributed by atoms with Gasteiger partial charge >= 0.3 is 0 Å². The van der Waals surface area contributed by atoms with Crippen LogP contribution in [0.25, 0.3) is 27.8 Å². The Morgan fingerprint density at radius 2 is 1.68 bits per heavy atom. The maximum atomic E-state index is 13.3. The van der Waals surface area contributed by atoms with E-state index in [4.69, 9.17) is 25.1 Å². The highest BCUT2D eigenvalue weighted by Gasteiger charge is 2.22. The predicted molar refractivity (Wildman–Crippen MR) is 167 cm³/mol. The van der Waals surface area contributed by atoms with Crippen LogP contribution in [0.4, 0.5) is 11.6 Å². The number of aromatic nitrogens is 3. The molecule has 1 fully saturated rings. The van der Waals surface area contributed by atoms with Gasteiger partial charge in [0, 0.05) is 42.8 Å². The van der Waals surface area contributed by atoms with Crippen LogP contribution in [0.15, 0.2) is 90.0 Å². The van der Waals surface area contributed by atoms with Crippen LogP contribution in [0.5, 0.6) is 5.88 Å². The number of nitrogen functional groups attached to an aromatic ring is 1. The molecule has 0 spiro atoms. The third-order valence-corrected chi connectivity index (χ3v) is 8.50. The molecule has 0 atom stereocenters. The number of hydrogen-bond acceptors (Lipinski definition) is 9. The lowest BCUT2D eigenvalue weighted by molar-refractivity contribution is -0.122. The van der Waals surface area contributed by atoms with Gasteiger partial charge in [-0.25, -0.2) is 23.1 Å². The fourth-order valence-electron chi connectivity index (χ4n) is 4.97. The number of anilines is 2. The first-order chi connectivity index (χ1) is 21.3. The third kappa shape index (κ3) is 6.64. The number of sulfonamides is 1. The lowest BCUT2D eigenvalue weighted by atomic mass is 10.1. The summed E-state index contributed by atoms with van der Waals surface area (Å²) in [6, 6.07) is 24.7. The Bertz CT molecular complexity index is 1840. The smallest absolute Gasteiger partial charge is 0.290 e.